The maximum Gasteiger partial charge on any atom is 0.309 e. The van der Waals surface area contributed by atoms with Gasteiger partial charge in [-0.2, -0.15) is 0 Å². The van der Waals surface area contributed by atoms with Crippen LogP contribution < -0.4 is 0 Å². The topological polar surface area (TPSA) is 38.8 Å². The highest BCUT2D eigenvalue weighted by Gasteiger charge is 2.73. The average molecular weight is 212 g/mol. The van der Waals surface area contributed by atoms with Crippen molar-refractivity contribution in [3.8, 4) is 0 Å². The summed E-state index contributed by atoms with van der Waals surface area (Å²) >= 11 is 0. The van der Waals surface area contributed by atoms with Crippen LogP contribution in [0.2, 0.25) is 0 Å². The molecule has 3 nitrogen and oxygen atoms in total. The maximum atomic E-state index is 11.7. The Morgan fingerprint density at radius 3 is 2.27 bits per heavy atom. The summed E-state index contributed by atoms with van der Waals surface area (Å²) in [5, 5.41) is 0. The first-order chi connectivity index (χ1) is 6.82. The maximum absolute atomic E-state index is 11.7. The van der Waals surface area contributed by atoms with Gasteiger partial charge in [-0.25, -0.2) is 0 Å². The number of carbonyl (C=O) groups excluding carboxylic acids is 1. The van der Waals surface area contributed by atoms with E-state index in [1.165, 1.54) is 0 Å². The summed E-state index contributed by atoms with van der Waals surface area (Å²) in [4.78, 5) is 11.7. The van der Waals surface area contributed by atoms with Crippen molar-refractivity contribution in [2.24, 2.45) is 17.3 Å². The van der Waals surface area contributed by atoms with E-state index >= 15 is 0 Å². The van der Waals surface area contributed by atoms with Gasteiger partial charge in [0, 0.05) is 5.92 Å². The van der Waals surface area contributed by atoms with E-state index < -0.39 is 0 Å². The summed E-state index contributed by atoms with van der Waals surface area (Å²) < 4.78 is 10.7. The molecule has 1 aliphatic heterocycles. The van der Waals surface area contributed by atoms with Crippen LogP contribution in [0.3, 0.4) is 0 Å². The Morgan fingerprint density at radius 1 is 1.33 bits per heavy atom. The summed E-state index contributed by atoms with van der Waals surface area (Å²) in [7, 11) is 0. The molecule has 0 aromatic carbocycles. The largest absolute Gasteiger partial charge is 0.466 e. The van der Waals surface area contributed by atoms with Gasteiger partial charge in [0.25, 0.3) is 0 Å². The first-order valence-electron chi connectivity index (χ1n) is 5.67. The molecule has 0 bridgehead atoms. The molecule has 2 aliphatic rings. The second-order valence-electron chi connectivity index (χ2n) is 5.72. The summed E-state index contributed by atoms with van der Waals surface area (Å²) in [6, 6.07) is 0. The molecule has 0 amide bonds. The van der Waals surface area contributed by atoms with Crippen LogP contribution in [-0.4, -0.2) is 24.3 Å². The minimum atomic E-state index is -0.0567. The molecular formula is C12H20O3. The van der Waals surface area contributed by atoms with Crippen molar-refractivity contribution < 1.29 is 14.3 Å². The molecule has 0 radical (unpaired) electrons. The molecule has 1 heterocycles. The van der Waals surface area contributed by atoms with Crippen LogP contribution in [-0.2, 0) is 14.3 Å². The fourth-order valence-corrected chi connectivity index (χ4v) is 2.72. The first kappa shape index (κ1) is 10.9. The minimum absolute atomic E-state index is 0.0317. The molecule has 0 N–H and O–H groups in total. The third kappa shape index (κ3) is 1.57. The third-order valence-electron chi connectivity index (χ3n) is 3.84. The highest BCUT2D eigenvalue weighted by Crippen LogP contribution is 2.66. The number of carbonyl (C=O) groups is 1. The Kier molecular flexibility index (Phi) is 2.16. The van der Waals surface area contributed by atoms with E-state index in [-0.39, 0.29) is 29.0 Å². The molecule has 3 heteroatoms. The lowest BCUT2D eigenvalue weighted by molar-refractivity contribution is -0.145. The molecule has 1 saturated carbocycles. The monoisotopic (exact) mass is 212 g/mol. The van der Waals surface area contributed by atoms with Crippen LogP contribution >= 0.6 is 0 Å². The van der Waals surface area contributed by atoms with Gasteiger partial charge in [-0.1, -0.05) is 13.8 Å². The average Bonchev–Trinajstić information content (AvgIpc) is 2.86. The van der Waals surface area contributed by atoms with Crippen LogP contribution in [0.25, 0.3) is 0 Å². The Balaban J connectivity index is 2.01. The highest BCUT2D eigenvalue weighted by atomic mass is 16.6. The molecule has 0 spiro atoms. The number of esters is 1. The summed E-state index contributed by atoms with van der Waals surface area (Å²) in [6.45, 7) is 10.7. The van der Waals surface area contributed by atoms with Gasteiger partial charge in [-0.15, -0.1) is 0 Å². The van der Waals surface area contributed by atoms with Gasteiger partial charge in [0.05, 0.1) is 24.2 Å². The normalized spacial score (nSPS) is 39.7. The van der Waals surface area contributed by atoms with Crippen LogP contribution in [0, 0.1) is 17.3 Å². The summed E-state index contributed by atoms with van der Waals surface area (Å²) in [5.74, 6) is 0.314. The third-order valence-corrected chi connectivity index (χ3v) is 3.84. The van der Waals surface area contributed by atoms with E-state index in [9.17, 15) is 4.79 Å². The number of epoxide rings is 1. The summed E-state index contributed by atoms with van der Waals surface area (Å²) in [5.41, 5.74) is 0.00781. The van der Waals surface area contributed by atoms with Crippen molar-refractivity contribution >= 4 is 5.97 Å². The second-order valence-corrected chi connectivity index (χ2v) is 5.72. The zero-order valence-corrected chi connectivity index (χ0v) is 10.2. The lowest BCUT2D eigenvalue weighted by Crippen LogP contribution is -2.12. The molecule has 86 valence electrons. The molecule has 2 fully saturated rings. The first-order valence-corrected chi connectivity index (χ1v) is 5.67. The molecular weight excluding hydrogens is 192 g/mol. The molecule has 3 atom stereocenters. The molecule has 1 aliphatic carbocycles. The molecule has 1 unspecified atom stereocenters. The fraction of sp³-hybridized carbons (Fsp3) is 0.917. The van der Waals surface area contributed by atoms with E-state index in [1.54, 1.807) is 0 Å². The van der Waals surface area contributed by atoms with Crippen molar-refractivity contribution in [2.75, 3.05) is 6.61 Å². The van der Waals surface area contributed by atoms with Crippen molar-refractivity contribution in [1.82, 2.24) is 0 Å². The molecule has 15 heavy (non-hydrogen) atoms. The zero-order valence-electron chi connectivity index (χ0n) is 10.2. The lowest BCUT2D eigenvalue weighted by Gasteiger charge is -2.01. The number of hydrogen-bond acceptors (Lipinski definition) is 3. The predicted molar refractivity (Wildman–Crippen MR) is 56.3 cm³/mol. The smallest absolute Gasteiger partial charge is 0.309 e. The zero-order chi connectivity index (χ0) is 11.4. The van der Waals surface area contributed by atoms with Crippen LogP contribution in [0.1, 0.15) is 34.6 Å². The van der Waals surface area contributed by atoms with Crippen molar-refractivity contribution in [1.29, 1.82) is 0 Å². The van der Waals surface area contributed by atoms with Crippen LogP contribution in [0.4, 0.5) is 0 Å². The number of rotatable bonds is 3. The quantitative estimate of drug-likeness (QED) is 0.530. The predicted octanol–water partition coefficient (Wildman–Crippen LogP) is 2.00. The Labute approximate surface area is 91.1 Å². The second kappa shape index (κ2) is 2.97. The molecule has 2 rings (SSSR count). The van der Waals surface area contributed by atoms with Gasteiger partial charge in [0.2, 0.25) is 0 Å². The van der Waals surface area contributed by atoms with Gasteiger partial charge in [0.1, 0.15) is 0 Å². The van der Waals surface area contributed by atoms with Gasteiger partial charge in [0.15, 0.2) is 0 Å². The van der Waals surface area contributed by atoms with Gasteiger partial charge < -0.3 is 9.47 Å². The number of ether oxygens (including phenoxy) is 2. The van der Waals surface area contributed by atoms with E-state index in [0.717, 1.165) is 0 Å². The Morgan fingerprint density at radius 2 is 1.87 bits per heavy atom. The fourth-order valence-electron chi connectivity index (χ4n) is 2.72. The molecule has 0 aromatic rings. The van der Waals surface area contributed by atoms with Gasteiger partial charge >= 0.3 is 5.97 Å². The highest BCUT2D eigenvalue weighted by molar-refractivity contribution is 5.78. The summed E-state index contributed by atoms with van der Waals surface area (Å²) in [6.07, 6.45) is 0.238. The van der Waals surface area contributed by atoms with Crippen LogP contribution in [0.5, 0.6) is 0 Å². The lowest BCUT2D eigenvalue weighted by atomic mass is 10.0. The Bertz CT molecular complexity index is 293. The van der Waals surface area contributed by atoms with Crippen molar-refractivity contribution in [3.05, 3.63) is 0 Å². The molecule has 1 saturated heterocycles. The van der Waals surface area contributed by atoms with Gasteiger partial charge in [-0.05, 0) is 26.2 Å². The van der Waals surface area contributed by atoms with E-state index in [2.05, 4.69) is 27.7 Å². The van der Waals surface area contributed by atoms with Crippen molar-refractivity contribution in [3.63, 3.8) is 0 Å². The van der Waals surface area contributed by atoms with E-state index in [1.807, 2.05) is 6.92 Å². The van der Waals surface area contributed by atoms with Crippen LogP contribution in [0.15, 0.2) is 0 Å². The van der Waals surface area contributed by atoms with E-state index in [4.69, 9.17) is 9.47 Å². The minimum Gasteiger partial charge on any atom is -0.466 e. The molecule has 0 aromatic heterocycles. The van der Waals surface area contributed by atoms with Crippen molar-refractivity contribution in [2.45, 2.75) is 46.3 Å². The van der Waals surface area contributed by atoms with E-state index in [0.29, 0.717) is 12.5 Å². The Hall–Kier alpha value is -0.570. The standard InChI is InChI=1S/C12H20O3/c1-6-14-10(13)8-7(11(8,2)3)9-12(4,5)15-9/h7-9H,6H2,1-5H3/t7-,8+,9?/m0/s1. The SMILES string of the molecule is CCOC(=O)[C@H]1[C@@H](C2OC2(C)C)C1(C)C. The van der Waals surface area contributed by atoms with Gasteiger partial charge in [-0.3, -0.25) is 4.79 Å². The number of hydrogen-bond donors (Lipinski definition) is 0.